The molecule has 74 valence electrons. The summed E-state index contributed by atoms with van der Waals surface area (Å²) in [5.41, 5.74) is 10.5. The van der Waals surface area contributed by atoms with E-state index in [0.717, 1.165) is 18.0 Å². The van der Waals surface area contributed by atoms with Crippen LogP contribution in [-0.4, -0.2) is 6.54 Å². The third-order valence-electron chi connectivity index (χ3n) is 2.09. The third kappa shape index (κ3) is 2.25. The normalized spacial score (nSPS) is 20.3. The second-order valence-electron chi connectivity index (χ2n) is 3.21. The van der Waals surface area contributed by atoms with Gasteiger partial charge in [-0.15, -0.1) is 0 Å². The lowest BCUT2D eigenvalue weighted by atomic mass is 10.1. The summed E-state index contributed by atoms with van der Waals surface area (Å²) in [7, 11) is 0. The lowest BCUT2D eigenvalue weighted by Crippen LogP contribution is -3.02. The Hall–Kier alpha value is -1.52. The van der Waals surface area contributed by atoms with Crippen molar-refractivity contribution >= 4 is 0 Å². The fourth-order valence-electron chi connectivity index (χ4n) is 1.36. The van der Waals surface area contributed by atoms with Crippen LogP contribution in [0.2, 0.25) is 0 Å². The first-order valence-electron chi connectivity index (χ1n) is 4.59. The molecule has 1 aromatic carbocycles. The Morgan fingerprint density at radius 1 is 1.29 bits per heavy atom. The predicted octanol–water partition coefficient (Wildman–Crippen LogP) is 0.106. The summed E-state index contributed by atoms with van der Waals surface area (Å²) in [4.78, 5) is 4.78. The van der Waals surface area contributed by atoms with Gasteiger partial charge >= 0.3 is 0 Å². The molecule has 1 aromatic rings. The number of hydrogen-bond donors (Lipinski definition) is 2. The van der Waals surface area contributed by atoms with Crippen LogP contribution in [-0.2, 0) is 11.3 Å². The first-order valence-corrected chi connectivity index (χ1v) is 4.59. The number of hydrogen-bond acceptors (Lipinski definition) is 2. The molecule has 4 heteroatoms. The van der Waals surface area contributed by atoms with Crippen molar-refractivity contribution in [3.05, 3.63) is 53.6 Å². The van der Waals surface area contributed by atoms with E-state index in [4.69, 9.17) is 10.6 Å². The third-order valence-corrected chi connectivity index (χ3v) is 2.09. The topological polar surface area (TPSA) is 53.8 Å². The molecule has 0 amide bonds. The molecule has 1 aliphatic heterocycles. The van der Waals surface area contributed by atoms with Gasteiger partial charge < -0.3 is 15.6 Å². The minimum absolute atomic E-state index is 0.382. The van der Waals surface area contributed by atoms with E-state index in [1.807, 2.05) is 18.2 Å². The average molecular weight is 191 g/mol. The minimum Gasteiger partial charge on any atom is -0.523 e. The monoisotopic (exact) mass is 191 g/mol. The van der Waals surface area contributed by atoms with E-state index < -0.39 is 0 Å². The molecule has 14 heavy (non-hydrogen) atoms. The molecule has 3 N–H and O–H groups in total. The fourth-order valence-corrected chi connectivity index (χ4v) is 1.36. The zero-order valence-electron chi connectivity index (χ0n) is 7.81. The summed E-state index contributed by atoms with van der Waals surface area (Å²) in [6.45, 7) is 0.866. The number of nitrogens with one attached hydrogen (secondary N) is 1. The Morgan fingerprint density at radius 2 is 2.07 bits per heavy atom. The highest BCUT2D eigenvalue weighted by Crippen LogP contribution is 1.99. The van der Waals surface area contributed by atoms with E-state index in [9.17, 15) is 0 Å². The molecule has 1 unspecified atom stereocenters. The van der Waals surface area contributed by atoms with Crippen molar-refractivity contribution in [1.82, 2.24) is 0 Å². The molecule has 1 heterocycles. The maximum atomic E-state index is 5.42. The molecular formula is C10H13N3O. The number of benzene rings is 1. The molecule has 4 nitrogen and oxygen atoms in total. The van der Waals surface area contributed by atoms with Gasteiger partial charge in [0.2, 0.25) is 5.88 Å². The minimum atomic E-state index is 0.382. The quantitative estimate of drug-likeness (QED) is 0.712. The Balaban J connectivity index is 1.84. The van der Waals surface area contributed by atoms with Gasteiger partial charge in [-0.3, -0.25) is 5.59 Å². The smallest absolute Gasteiger partial charge is 0.227 e. The van der Waals surface area contributed by atoms with Crippen molar-refractivity contribution in [2.24, 2.45) is 5.73 Å². The zero-order valence-corrected chi connectivity index (χ0v) is 7.81. The summed E-state index contributed by atoms with van der Waals surface area (Å²) in [5.74, 6) is 0.382. The van der Waals surface area contributed by atoms with Gasteiger partial charge in [0.1, 0.15) is 6.20 Å². The maximum absolute atomic E-state index is 5.42. The van der Waals surface area contributed by atoms with Gasteiger partial charge in [-0.1, -0.05) is 30.3 Å². The van der Waals surface area contributed by atoms with Gasteiger partial charge in [-0.05, 0) is 5.56 Å². The Morgan fingerprint density at radius 3 is 2.71 bits per heavy atom. The van der Waals surface area contributed by atoms with Crippen LogP contribution in [0.15, 0.2) is 42.4 Å². The van der Waals surface area contributed by atoms with Crippen molar-refractivity contribution in [3.63, 3.8) is 0 Å². The summed E-state index contributed by atoms with van der Waals surface area (Å²) in [6.07, 6.45) is 2.73. The van der Waals surface area contributed by atoms with E-state index in [-0.39, 0.29) is 0 Å². The predicted molar refractivity (Wildman–Crippen MR) is 52.7 cm³/mol. The van der Waals surface area contributed by atoms with Crippen molar-refractivity contribution in [3.8, 4) is 0 Å². The highest BCUT2D eigenvalue weighted by Gasteiger charge is 2.06. The van der Waals surface area contributed by atoms with Gasteiger partial charge in [-0.2, -0.15) is 0 Å². The van der Waals surface area contributed by atoms with Crippen LogP contribution in [0.25, 0.3) is 5.59 Å². The lowest BCUT2D eigenvalue weighted by molar-refractivity contribution is -0.814. The van der Waals surface area contributed by atoms with E-state index >= 15 is 0 Å². The standard InChI is InChI=1S/C10H13N3O/c11-10-8-13(12-14-10)7-6-9-4-2-1-3-5-9/h1-5,8,13H,6-7,11H2. The van der Waals surface area contributed by atoms with Crippen LogP contribution >= 0.6 is 0 Å². The van der Waals surface area contributed by atoms with Gasteiger partial charge in [0.15, 0.2) is 0 Å². The van der Waals surface area contributed by atoms with E-state index in [1.54, 1.807) is 6.20 Å². The number of nitrogens with two attached hydrogens (primary N) is 1. The second-order valence-corrected chi connectivity index (χ2v) is 3.21. The van der Waals surface area contributed by atoms with Crippen LogP contribution in [0.3, 0.4) is 0 Å². The van der Waals surface area contributed by atoms with Crippen molar-refractivity contribution in [2.75, 3.05) is 6.54 Å². The Kier molecular flexibility index (Phi) is 2.67. The molecule has 2 rings (SSSR count). The number of rotatable bonds is 3. The lowest BCUT2D eigenvalue weighted by Gasteiger charge is -2.19. The Labute approximate surface area is 82.9 Å². The van der Waals surface area contributed by atoms with Crippen LogP contribution in [0.4, 0.5) is 0 Å². The molecule has 0 aromatic heterocycles. The zero-order chi connectivity index (χ0) is 9.80. The first-order chi connectivity index (χ1) is 6.84. The maximum Gasteiger partial charge on any atom is 0.227 e. The number of quaternary nitrogens is 1. The van der Waals surface area contributed by atoms with Crippen LogP contribution in [0.5, 0.6) is 0 Å². The molecule has 0 saturated carbocycles. The van der Waals surface area contributed by atoms with Gasteiger partial charge in [-0.25, -0.2) is 0 Å². The molecule has 0 fully saturated rings. The summed E-state index contributed by atoms with van der Waals surface area (Å²) < 4.78 is 0. The molecule has 0 radical (unpaired) electrons. The van der Waals surface area contributed by atoms with Gasteiger partial charge in [0.05, 0.1) is 6.54 Å². The summed E-state index contributed by atoms with van der Waals surface area (Å²) >= 11 is 0. The highest BCUT2D eigenvalue weighted by atomic mass is 16.7. The van der Waals surface area contributed by atoms with Gasteiger partial charge in [0.25, 0.3) is 0 Å². The first kappa shape index (κ1) is 9.05. The summed E-state index contributed by atoms with van der Waals surface area (Å²) in [6, 6.07) is 10.3. The number of nitrogens with zero attached hydrogens (tertiary/aromatic N) is 1. The molecular weight excluding hydrogens is 178 g/mol. The van der Waals surface area contributed by atoms with Gasteiger partial charge in [0, 0.05) is 6.42 Å². The molecule has 0 spiro atoms. The van der Waals surface area contributed by atoms with Crippen molar-refractivity contribution in [1.29, 1.82) is 0 Å². The van der Waals surface area contributed by atoms with E-state index in [0.29, 0.717) is 5.88 Å². The molecule has 0 bridgehead atoms. The summed E-state index contributed by atoms with van der Waals surface area (Å²) in [5, 5.41) is 0.909. The Bertz CT molecular complexity index is 323. The average Bonchev–Trinajstić information content (AvgIpc) is 2.63. The SMILES string of the molecule is NC1=C[NH+](CCc2ccccc2)[N-]O1. The van der Waals surface area contributed by atoms with Crippen molar-refractivity contribution < 1.29 is 9.85 Å². The molecule has 1 atom stereocenters. The van der Waals surface area contributed by atoms with E-state index in [2.05, 4.69) is 17.7 Å². The van der Waals surface area contributed by atoms with E-state index in [1.165, 1.54) is 5.56 Å². The van der Waals surface area contributed by atoms with Crippen molar-refractivity contribution in [2.45, 2.75) is 6.42 Å². The molecule has 1 aliphatic rings. The highest BCUT2D eigenvalue weighted by molar-refractivity contribution is 5.14. The molecule has 0 aliphatic carbocycles. The van der Waals surface area contributed by atoms with Crippen LogP contribution in [0.1, 0.15) is 5.56 Å². The fraction of sp³-hybridized carbons (Fsp3) is 0.200. The largest absolute Gasteiger partial charge is 0.523 e. The van der Waals surface area contributed by atoms with Crippen LogP contribution < -0.4 is 10.7 Å². The van der Waals surface area contributed by atoms with Crippen LogP contribution in [0, 0.1) is 0 Å². The molecule has 0 saturated heterocycles. The second kappa shape index (κ2) is 4.13.